The van der Waals surface area contributed by atoms with Crippen molar-refractivity contribution in [3.05, 3.63) is 18.2 Å². The SMILES string of the molecule is CCCCC(=O)Oc1c(OC)c(OC)c(OC(C)=O)c2c(S(=O)CC(=O)OC)cccc12. The van der Waals surface area contributed by atoms with Crippen molar-refractivity contribution in [2.75, 3.05) is 27.1 Å². The van der Waals surface area contributed by atoms with E-state index in [9.17, 15) is 18.6 Å². The molecule has 0 bridgehead atoms. The number of hydrogen-bond acceptors (Lipinski definition) is 9. The summed E-state index contributed by atoms with van der Waals surface area (Å²) >= 11 is 0. The second-order valence-corrected chi connectivity index (χ2v) is 8.06. The first-order valence-electron chi connectivity index (χ1n) is 9.83. The predicted molar refractivity (Wildman–Crippen MR) is 117 cm³/mol. The minimum Gasteiger partial charge on any atom is -0.490 e. The minimum absolute atomic E-state index is 0.0176. The standard InChI is InChI=1S/C22H26O9S/c1-6-7-11-16(24)31-19-14-9-8-10-15(32(26)12-17(25)27-3)18(14)20(30-13(2)23)22(29-5)21(19)28-4/h8-10H,6-7,11-12H2,1-5H3. The lowest BCUT2D eigenvalue weighted by atomic mass is 10.1. The van der Waals surface area contributed by atoms with Gasteiger partial charge in [0.2, 0.25) is 11.5 Å². The van der Waals surface area contributed by atoms with E-state index >= 15 is 0 Å². The van der Waals surface area contributed by atoms with E-state index in [2.05, 4.69) is 4.74 Å². The van der Waals surface area contributed by atoms with Crippen molar-refractivity contribution in [1.82, 2.24) is 0 Å². The molecule has 0 N–H and O–H groups in total. The topological polar surface area (TPSA) is 114 Å². The average Bonchev–Trinajstić information content (AvgIpc) is 2.77. The molecular formula is C22H26O9S. The number of carbonyl (C=O) groups excluding carboxylic acids is 3. The van der Waals surface area contributed by atoms with Gasteiger partial charge in [-0.15, -0.1) is 0 Å². The molecule has 0 radical (unpaired) electrons. The normalized spacial score (nSPS) is 11.5. The molecule has 0 aromatic heterocycles. The summed E-state index contributed by atoms with van der Waals surface area (Å²) in [7, 11) is 2.01. The van der Waals surface area contributed by atoms with Gasteiger partial charge < -0.3 is 23.7 Å². The van der Waals surface area contributed by atoms with Gasteiger partial charge in [0.1, 0.15) is 5.75 Å². The van der Waals surface area contributed by atoms with Crippen LogP contribution >= 0.6 is 0 Å². The zero-order valence-corrected chi connectivity index (χ0v) is 19.5. The third kappa shape index (κ3) is 5.56. The second kappa shape index (κ2) is 11.5. The molecule has 0 spiro atoms. The maximum Gasteiger partial charge on any atom is 0.318 e. The number of benzene rings is 2. The quantitative estimate of drug-likeness (QED) is 0.385. The molecule has 2 aromatic carbocycles. The molecule has 1 unspecified atom stereocenters. The molecule has 2 rings (SSSR count). The molecule has 0 saturated heterocycles. The number of rotatable bonds is 10. The van der Waals surface area contributed by atoms with Crippen LogP contribution in [0.15, 0.2) is 23.1 Å². The Labute approximate surface area is 188 Å². The fourth-order valence-corrected chi connectivity index (χ4v) is 4.18. The number of hydrogen-bond donors (Lipinski definition) is 0. The molecule has 0 aliphatic carbocycles. The van der Waals surface area contributed by atoms with Gasteiger partial charge in [-0.05, 0) is 12.5 Å². The van der Waals surface area contributed by atoms with Crippen LogP contribution < -0.4 is 18.9 Å². The smallest absolute Gasteiger partial charge is 0.318 e. The lowest BCUT2D eigenvalue weighted by Gasteiger charge is -2.20. The van der Waals surface area contributed by atoms with Gasteiger partial charge in [0, 0.05) is 24.1 Å². The van der Waals surface area contributed by atoms with E-state index in [1.165, 1.54) is 34.3 Å². The summed E-state index contributed by atoms with van der Waals surface area (Å²) in [4.78, 5) is 36.2. The zero-order chi connectivity index (χ0) is 23.8. The molecule has 2 aromatic rings. The van der Waals surface area contributed by atoms with Crippen LogP contribution in [0, 0.1) is 0 Å². The molecule has 174 valence electrons. The largest absolute Gasteiger partial charge is 0.490 e. The number of carbonyl (C=O) groups is 3. The average molecular weight is 467 g/mol. The van der Waals surface area contributed by atoms with Crippen LogP contribution in [0.4, 0.5) is 0 Å². The fourth-order valence-electron chi connectivity index (χ4n) is 3.03. The molecule has 32 heavy (non-hydrogen) atoms. The first kappa shape index (κ1) is 25.1. The van der Waals surface area contributed by atoms with E-state index in [0.29, 0.717) is 11.8 Å². The number of unbranched alkanes of at least 4 members (excludes halogenated alkanes) is 1. The number of ether oxygens (including phenoxy) is 5. The van der Waals surface area contributed by atoms with Gasteiger partial charge >= 0.3 is 17.9 Å². The third-order valence-corrected chi connectivity index (χ3v) is 5.77. The highest BCUT2D eigenvalue weighted by molar-refractivity contribution is 7.86. The van der Waals surface area contributed by atoms with E-state index in [-0.39, 0.29) is 39.7 Å². The van der Waals surface area contributed by atoms with Crippen molar-refractivity contribution in [1.29, 1.82) is 0 Å². The summed E-state index contributed by atoms with van der Waals surface area (Å²) in [5.74, 6) is -2.26. The Morgan fingerprint density at radius 3 is 2.12 bits per heavy atom. The van der Waals surface area contributed by atoms with Crippen LogP contribution in [0.2, 0.25) is 0 Å². The number of esters is 3. The van der Waals surface area contributed by atoms with Crippen LogP contribution in [0.3, 0.4) is 0 Å². The molecule has 10 heteroatoms. The van der Waals surface area contributed by atoms with Crippen LogP contribution in [0.5, 0.6) is 23.0 Å². The first-order chi connectivity index (χ1) is 15.3. The van der Waals surface area contributed by atoms with Gasteiger partial charge in [0.05, 0.1) is 37.0 Å². The van der Waals surface area contributed by atoms with E-state index in [0.717, 1.165) is 6.42 Å². The summed E-state index contributed by atoms with van der Waals surface area (Å²) in [6.07, 6.45) is 1.62. The summed E-state index contributed by atoms with van der Waals surface area (Å²) in [5.41, 5.74) is 0. The Balaban J connectivity index is 2.87. The maximum atomic E-state index is 13.0. The van der Waals surface area contributed by atoms with Crippen LogP contribution in [0.1, 0.15) is 33.1 Å². The third-order valence-electron chi connectivity index (χ3n) is 4.44. The summed E-state index contributed by atoms with van der Waals surface area (Å²) in [6.45, 7) is 3.15. The summed E-state index contributed by atoms with van der Waals surface area (Å²) < 4.78 is 39.5. The summed E-state index contributed by atoms with van der Waals surface area (Å²) in [5, 5.41) is 0.500. The molecule has 0 heterocycles. The van der Waals surface area contributed by atoms with E-state index < -0.39 is 34.5 Å². The van der Waals surface area contributed by atoms with Crippen LogP contribution in [0.25, 0.3) is 10.8 Å². The molecule has 0 amide bonds. The second-order valence-electron chi connectivity index (χ2n) is 6.64. The Bertz CT molecular complexity index is 1050. The van der Waals surface area contributed by atoms with E-state index in [4.69, 9.17) is 18.9 Å². The van der Waals surface area contributed by atoms with Crippen molar-refractivity contribution in [2.45, 2.75) is 38.0 Å². The van der Waals surface area contributed by atoms with Gasteiger partial charge in [0.25, 0.3) is 0 Å². The number of fused-ring (bicyclic) bond motifs is 1. The Hall–Kier alpha value is -3.14. The van der Waals surface area contributed by atoms with E-state index in [1.807, 2.05) is 6.92 Å². The van der Waals surface area contributed by atoms with Crippen molar-refractivity contribution in [3.63, 3.8) is 0 Å². The molecule has 1 atom stereocenters. The molecule has 9 nitrogen and oxygen atoms in total. The fraction of sp³-hybridized carbons (Fsp3) is 0.409. The monoisotopic (exact) mass is 466 g/mol. The van der Waals surface area contributed by atoms with Gasteiger partial charge in [-0.1, -0.05) is 25.5 Å². The highest BCUT2D eigenvalue weighted by Gasteiger charge is 2.29. The minimum atomic E-state index is -1.86. The number of methoxy groups -OCH3 is 3. The maximum absolute atomic E-state index is 13.0. The van der Waals surface area contributed by atoms with Gasteiger partial charge in [-0.2, -0.15) is 0 Å². The lowest BCUT2D eigenvalue weighted by molar-refractivity contribution is -0.137. The van der Waals surface area contributed by atoms with Crippen molar-refractivity contribution >= 4 is 39.5 Å². The molecular weight excluding hydrogens is 440 g/mol. The molecule has 0 aliphatic rings. The van der Waals surface area contributed by atoms with Crippen molar-refractivity contribution in [3.8, 4) is 23.0 Å². The van der Waals surface area contributed by atoms with Crippen molar-refractivity contribution < 1.29 is 42.3 Å². The van der Waals surface area contributed by atoms with Crippen LogP contribution in [-0.2, 0) is 29.9 Å². The lowest BCUT2D eigenvalue weighted by Crippen LogP contribution is -2.14. The van der Waals surface area contributed by atoms with Gasteiger partial charge in [-0.3, -0.25) is 18.6 Å². The summed E-state index contributed by atoms with van der Waals surface area (Å²) in [6, 6.07) is 4.70. The molecule has 0 aliphatic heterocycles. The zero-order valence-electron chi connectivity index (χ0n) is 18.6. The Morgan fingerprint density at radius 1 is 0.906 bits per heavy atom. The Morgan fingerprint density at radius 2 is 1.56 bits per heavy atom. The first-order valence-corrected chi connectivity index (χ1v) is 11.2. The van der Waals surface area contributed by atoms with Crippen LogP contribution in [-0.4, -0.2) is 49.2 Å². The van der Waals surface area contributed by atoms with Crippen molar-refractivity contribution in [2.24, 2.45) is 0 Å². The van der Waals surface area contributed by atoms with Gasteiger partial charge in [0.15, 0.2) is 11.5 Å². The Kier molecular flexibility index (Phi) is 9.01. The highest BCUT2D eigenvalue weighted by Crippen LogP contribution is 2.52. The molecule has 0 fully saturated rings. The predicted octanol–water partition coefficient (Wildman–Crippen LogP) is 3.16. The van der Waals surface area contributed by atoms with E-state index in [1.54, 1.807) is 12.1 Å². The molecule has 0 saturated carbocycles. The van der Waals surface area contributed by atoms with Gasteiger partial charge in [-0.25, -0.2) is 0 Å². The highest BCUT2D eigenvalue weighted by atomic mass is 32.2.